The molecule has 0 radical (unpaired) electrons. The van der Waals surface area contributed by atoms with Gasteiger partial charge in [0, 0.05) is 36.8 Å². The van der Waals surface area contributed by atoms with E-state index in [2.05, 4.69) is 13.8 Å². The van der Waals surface area contributed by atoms with Crippen molar-refractivity contribution in [1.29, 1.82) is 0 Å². The maximum Gasteiger partial charge on any atom is 0.306 e. The quantitative estimate of drug-likeness (QED) is 0.0149. The monoisotopic (exact) mass is 1480 g/mol. The van der Waals surface area contributed by atoms with Crippen LogP contribution < -0.4 is 19.3 Å². The fraction of sp³-hybridized carbons (Fsp3) is 0.785. The number of nitrogens with zero attached hydrogens (tertiary/aromatic N) is 2. The molecule has 0 fully saturated rings. The molecule has 0 aliphatic rings. The van der Waals surface area contributed by atoms with E-state index in [4.69, 9.17) is 46.5 Å². The molecular formula is C79H138N2O19P2. The molecule has 0 bridgehead atoms. The van der Waals surface area contributed by atoms with Crippen LogP contribution in [-0.4, -0.2) is 159 Å². The van der Waals surface area contributed by atoms with E-state index in [1.165, 1.54) is 89.9 Å². The van der Waals surface area contributed by atoms with Gasteiger partial charge < -0.3 is 65.3 Å². The summed E-state index contributed by atoms with van der Waals surface area (Å²) in [6.45, 7) is 4.69. The van der Waals surface area contributed by atoms with Crippen molar-refractivity contribution in [1.82, 2.24) is 0 Å². The van der Waals surface area contributed by atoms with Gasteiger partial charge in [-0.3, -0.25) is 33.1 Å². The topological polar surface area (TPSA) is 258 Å². The number of phosphoric ester groups is 2. The van der Waals surface area contributed by atoms with E-state index < -0.39 is 64.9 Å². The molecule has 23 heteroatoms. The first-order chi connectivity index (χ1) is 48.9. The zero-order valence-corrected chi connectivity index (χ0v) is 66.4. The van der Waals surface area contributed by atoms with Crippen molar-refractivity contribution in [2.45, 2.75) is 296 Å². The van der Waals surface area contributed by atoms with E-state index >= 15 is 0 Å². The van der Waals surface area contributed by atoms with Gasteiger partial charge in [-0.1, -0.05) is 219 Å². The molecule has 0 amide bonds. The number of carbonyl (C=O) groups is 5. The lowest BCUT2D eigenvalue weighted by Crippen LogP contribution is -2.37. The van der Waals surface area contributed by atoms with E-state index in [0.717, 1.165) is 128 Å². The summed E-state index contributed by atoms with van der Waals surface area (Å²) in [5.74, 6) is -0.530. The predicted molar refractivity (Wildman–Crippen MR) is 399 cm³/mol. The predicted octanol–water partition coefficient (Wildman–Crippen LogP) is 17.4. The van der Waals surface area contributed by atoms with Crippen LogP contribution in [0.15, 0.2) is 48.5 Å². The number of ether oxygens (including phenoxy) is 6. The number of ketones is 1. The zero-order valence-electron chi connectivity index (χ0n) is 64.6. The van der Waals surface area contributed by atoms with Crippen molar-refractivity contribution in [3.63, 3.8) is 0 Å². The SMILES string of the molecule is CCCCCCCCCCCCCC(=O)OC[C@H](COP(=O)([O-])OCC[N+](C)(C)C)OC(=O)CCCCCCCCCCOc1ccc(C(=O)c2ccc(OCCCCCCCCCCC(=O)O[C@H](COC(=O)CCCCCCCCCCCCC)COP(=O)([O-])OCC[N+](C)(C)C)cc2)cc1. The van der Waals surface area contributed by atoms with Crippen LogP contribution in [0.4, 0.5) is 0 Å². The van der Waals surface area contributed by atoms with E-state index in [1.54, 1.807) is 24.3 Å². The summed E-state index contributed by atoms with van der Waals surface area (Å²) in [5, 5.41) is 0. The summed E-state index contributed by atoms with van der Waals surface area (Å²) in [4.78, 5) is 89.2. The molecule has 2 rings (SSSR count). The maximum atomic E-state index is 13.3. The number of benzene rings is 2. The van der Waals surface area contributed by atoms with Crippen LogP contribution >= 0.6 is 15.6 Å². The van der Waals surface area contributed by atoms with Crippen molar-refractivity contribution >= 4 is 45.3 Å². The highest BCUT2D eigenvalue weighted by Crippen LogP contribution is 2.39. The van der Waals surface area contributed by atoms with Gasteiger partial charge in [-0.2, -0.15) is 0 Å². The molecule has 0 N–H and O–H groups in total. The number of quaternary nitrogens is 2. The molecule has 0 saturated carbocycles. The van der Waals surface area contributed by atoms with Gasteiger partial charge >= 0.3 is 23.9 Å². The number of phosphoric acid groups is 2. The Morgan fingerprint density at radius 2 is 0.588 bits per heavy atom. The van der Waals surface area contributed by atoms with Crippen molar-refractivity contribution in [2.75, 3.05) is 108 Å². The van der Waals surface area contributed by atoms with Gasteiger partial charge in [-0.25, -0.2) is 0 Å². The van der Waals surface area contributed by atoms with Gasteiger partial charge in [0.1, 0.15) is 51.0 Å². The van der Waals surface area contributed by atoms with Gasteiger partial charge in [0.25, 0.3) is 15.6 Å². The highest BCUT2D eigenvalue weighted by molar-refractivity contribution is 7.46. The fourth-order valence-electron chi connectivity index (χ4n) is 11.2. The molecule has 0 aliphatic heterocycles. The largest absolute Gasteiger partial charge is 0.756 e. The Morgan fingerprint density at radius 3 is 0.863 bits per heavy atom. The van der Waals surface area contributed by atoms with Crippen LogP contribution in [0.2, 0.25) is 0 Å². The molecule has 4 atom stereocenters. The van der Waals surface area contributed by atoms with Gasteiger partial charge in [-0.05, 0) is 87.1 Å². The Labute approximate surface area is 616 Å². The highest BCUT2D eigenvalue weighted by atomic mass is 31.2. The first kappa shape index (κ1) is 93.8. The van der Waals surface area contributed by atoms with Crippen LogP contribution in [-0.2, 0) is 65.4 Å². The molecule has 2 aromatic rings. The van der Waals surface area contributed by atoms with E-state index in [9.17, 15) is 42.9 Å². The van der Waals surface area contributed by atoms with E-state index in [0.29, 0.717) is 83.6 Å². The lowest BCUT2D eigenvalue weighted by Gasteiger charge is -2.28. The Bertz CT molecular complexity index is 2390. The lowest BCUT2D eigenvalue weighted by molar-refractivity contribution is -0.870. The third kappa shape index (κ3) is 56.1. The first-order valence-electron chi connectivity index (χ1n) is 39.4. The number of unbranched alkanes of at least 4 members (excludes halogenated alkanes) is 34. The Hall–Kier alpha value is -4.27. The zero-order chi connectivity index (χ0) is 74.8. The summed E-state index contributed by atoms with van der Waals surface area (Å²) in [6, 6.07) is 14.4. The number of likely N-dealkylation sites (N-methyl/N-ethyl adjacent to an activating group) is 2. The van der Waals surface area contributed by atoms with Crippen LogP contribution in [0.1, 0.15) is 299 Å². The van der Waals surface area contributed by atoms with E-state index in [-0.39, 0.29) is 57.9 Å². The molecular weight excluding hydrogens is 1340 g/mol. The Morgan fingerprint density at radius 1 is 0.333 bits per heavy atom. The van der Waals surface area contributed by atoms with Gasteiger partial charge in [0.05, 0.1) is 68.7 Å². The minimum atomic E-state index is -4.69. The third-order valence-electron chi connectivity index (χ3n) is 17.6. The summed E-state index contributed by atoms with van der Waals surface area (Å²) in [5.41, 5.74) is 1.14. The number of hydrogen-bond donors (Lipinski definition) is 0. The number of carbonyl (C=O) groups excluding carboxylic acids is 5. The van der Waals surface area contributed by atoms with Gasteiger partial charge in [-0.15, -0.1) is 0 Å². The normalized spacial score (nSPS) is 13.6. The second kappa shape index (κ2) is 58.9. The number of rotatable bonds is 70. The molecule has 0 heterocycles. The molecule has 0 aliphatic carbocycles. The molecule has 0 aromatic heterocycles. The standard InChI is InChI=1S/C79H138N2O19P2/c1-9-11-13-15-17-19-21-23-29-35-41-47-75(82)93-65-73(67-97-101(87,88)95-63-59-80(3,4)5)99-77(84)49-43-37-31-25-27-33-39-45-61-91-71-55-51-69(52-56-71)79(86)70-53-57-72(58-54-70)92-62-46-40-34-28-26-32-38-44-50-78(85)100-74(68-98-102(89,90)96-64-60-81(6,7)8)66-94-76(83)48-42-36-30-24-22-20-18-16-14-12-10-2/h51-58,73-74H,9-50,59-68H2,1-8H3/t73-,74-/m1/s1. The molecule has 2 aromatic carbocycles. The minimum absolute atomic E-state index is 0.0663. The van der Waals surface area contributed by atoms with E-state index in [1.807, 2.05) is 66.6 Å². The molecule has 0 saturated heterocycles. The second-order valence-electron chi connectivity index (χ2n) is 29.6. The Balaban J connectivity index is 1.60. The summed E-state index contributed by atoms with van der Waals surface area (Å²) in [6.07, 6.45) is 39.0. The first-order valence-corrected chi connectivity index (χ1v) is 42.3. The molecule has 102 heavy (non-hydrogen) atoms. The lowest BCUT2D eigenvalue weighted by atomic mass is 10.0. The van der Waals surface area contributed by atoms with Crippen LogP contribution in [0.25, 0.3) is 0 Å². The summed E-state index contributed by atoms with van der Waals surface area (Å²) in [7, 11) is 2.10. The summed E-state index contributed by atoms with van der Waals surface area (Å²) < 4.78 is 80.2. The van der Waals surface area contributed by atoms with Crippen LogP contribution in [0.5, 0.6) is 11.5 Å². The van der Waals surface area contributed by atoms with Crippen LogP contribution in [0.3, 0.4) is 0 Å². The average Bonchev–Trinajstić information content (AvgIpc) is 0.849. The fourth-order valence-corrected chi connectivity index (χ4v) is 12.7. The molecule has 0 spiro atoms. The van der Waals surface area contributed by atoms with Crippen molar-refractivity contribution in [2.24, 2.45) is 0 Å². The van der Waals surface area contributed by atoms with Crippen molar-refractivity contribution < 1.29 is 98.4 Å². The number of esters is 4. The minimum Gasteiger partial charge on any atom is -0.756 e. The smallest absolute Gasteiger partial charge is 0.306 e. The summed E-state index contributed by atoms with van der Waals surface area (Å²) >= 11 is 0. The van der Waals surface area contributed by atoms with Crippen LogP contribution in [0, 0.1) is 0 Å². The maximum absolute atomic E-state index is 13.3. The van der Waals surface area contributed by atoms with Gasteiger partial charge in [0.2, 0.25) is 0 Å². The average molecular weight is 1480 g/mol. The second-order valence-corrected chi connectivity index (χ2v) is 32.4. The third-order valence-corrected chi connectivity index (χ3v) is 19.5. The van der Waals surface area contributed by atoms with Gasteiger partial charge in [0.15, 0.2) is 18.0 Å². The van der Waals surface area contributed by atoms with Crippen molar-refractivity contribution in [3.05, 3.63) is 59.7 Å². The molecule has 21 nitrogen and oxygen atoms in total. The molecule has 588 valence electrons. The Kier molecular flexibility index (Phi) is 54.1. The molecule has 2 unspecified atom stereocenters. The van der Waals surface area contributed by atoms with Crippen molar-refractivity contribution in [3.8, 4) is 11.5 Å². The number of hydrogen-bond acceptors (Lipinski definition) is 19. The highest BCUT2D eigenvalue weighted by Gasteiger charge is 2.24.